The van der Waals surface area contributed by atoms with Crippen molar-refractivity contribution in [3.8, 4) is 5.75 Å². The Balaban J connectivity index is 1.89. The number of hydrogen-bond acceptors (Lipinski definition) is 2. The molecule has 0 aliphatic carbocycles. The van der Waals surface area contributed by atoms with E-state index in [0.717, 1.165) is 16.9 Å². The maximum Gasteiger partial charge on any atom is 0.220 e. The molecule has 0 aliphatic heterocycles. The zero-order valence-electron chi connectivity index (χ0n) is 13.1. The molecule has 1 unspecified atom stereocenters. The maximum atomic E-state index is 12.1. The quantitative estimate of drug-likeness (QED) is 0.810. The third-order valence-electron chi connectivity index (χ3n) is 3.60. The van der Waals surface area contributed by atoms with E-state index in [1.54, 1.807) is 19.2 Å². The highest BCUT2D eigenvalue weighted by Gasteiger charge is 2.11. The van der Waals surface area contributed by atoms with Crippen LogP contribution in [-0.4, -0.2) is 13.0 Å². The molecule has 2 rings (SSSR count). The highest BCUT2D eigenvalue weighted by molar-refractivity contribution is 6.42. The monoisotopic (exact) mass is 351 g/mol. The van der Waals surface area contributed by atoms with Crippen LogP contribution in [0.5, 0.6) is 5.75 Å². The second-order valence-electron chi connectivity index (χ2n) is 5.31. The zero-order chi connectivity index (χ0) is 16.8. The molecule has 0 saturated carbocycles. The summed E-state index contributed by atoms with van der Waals surface area (Å²) in [6.07, 6.45) is 1.08. The van der Waals surface area contributed by atoms with Gasteiger partial charge in [-0.15, -0.1) is 0 Å². The number of hydrogen-bond donors (Lipinski definition) is 1. The van der Waals surface area contributed by atoms with Crippen LogP contribution < -0.4 is 10.1 Å². The Labute approximate surface area is 146 Å². The fraction of sp³-hybridized carbons (Fsp3) is 0.278. The number of carbonyl (C=O) groups is 1. The van der Waals surface area contributed by atoms with E-state index in [-0.39, 0.29) is 11.9 Å². The number of methoxy groups -OCH3 is 1. The summed E-state index contributed by atoms with van der Waals surface area (Å²) < 4.78 is 5.18. The molecule has 122 valence electrons. The number of ether oxygens (including phenoxy) is 1. The first-order valence-electron chi connectivity index (χ1n) is 7.37. The minimum atomic E-state index is -0.123. The molecule has 2 aromatic carbocycles. The molecule has 1 atom stereocenters. The van der Waals surface area contributed by atoms with Crippen molar-refractivity contribution in [1.29, 1.82) is 0 Å². The number of benzene rings is 2. The Hall–Kier alpha value is -1.71. The SMILES string of the molecule is COc1cccc(CCC(=O)NC(C)c2ccc(Cl)c(Cl)c2)c1. The molecule has 0 saturated heterocycles. The van der Waals surface area contributed by atoms with Crippen LogP contribution in [0.25, 0.3) is 0 Å². The lowest BCUT2D eigenvalue weighted by Gasteiger charge is -2.15. The molecule has 23 heavy (non-hydrogen) atoms. The third kappa shape index (κ3) is 5.15. The summed E-state index contributed by atoms with van der Waals surface area (Å²) in [5.74, 6) is 0.790. The van der Waals surface area contributed by atoms with Crippen molar-refractivity contribution in [3.63, 3.8) is 0 Å². The second kappa shape index (κ2) is 8.23. The highest BCUT2D eigenvalue weighted by atomic mass is 35.5. The molecule has 0 radical (unpaired) electrons. The Kier molecular flexibility index (Phi) is 6.31. The number of aryl methyl sites for hydroxylation is 1. The molecule has 5 heteroatoms. The Morgan fingerprint density at radius 1 is 1.17 bits per heavy atom. The molecular weight excluding hydrogens is 333 g/mol. The van der Waals surface area contributed by atoms with Crippen LogP contribution in [0.15, 0.2) is 42.5 Å². The molecule has 0 bridgehead atoms. The zero-order valence-corrected chi connectivity index (χ0v) is 14.6. The van der Waals surface area contributed by atoms with E-state index in [1.807, 2.05) is 37.3 Å². The smallest absolute Gasteiger partial charge is 0.220 e. The average Bonchev–Trinajstić information content (AvgIpc) is 2.55. The van der Waals surface area contributed by atoms with Gasteiger partial charge in [0.05, 0.1) is 23.2 Å². The van der Waals surface area contributed by atoms with Crippen LogP contribution in [0.4, 0.5) is 0 Å². The van der Waals surface area contributed by atoms with E-state index in [4.69, 9.17) is 27.9 Å². The Bertz CT molecular complexity index is 688. The first kappa shape index (κ1) is 17.6. The van der Waals surface area contributed by atoms with Crippen molar-refractivity contribution in [2.24, 2.45) is 0 Å². The molecule has 0 fully saturated rings. The van der Waals surface area contributed by atoms with Crippen LogP contribution in [0.3, 0.4) is 0 Å². The maximum absolute atomic E-state index is 12.1. The Morgan fingerprint density at radius 3 is 2.65 bits per heavy atom. The summed E-state index contributed by atoms with van der Waals surface area (Å²) in [7, 11) is 1.63. The van der Waals surface area contributed by atoms with Crippen LogP contribution in [0, 0.1) is 0 Å². The van der Waals surface area contributed by atoms with Gasteiger partial charge in [0.15, 0.2) is 0 Å². The minimum Gasteiger partial charge on any atom is -0.497 e. The number of nitrogens with one attached hydrogen (secondary N) is 1. The lowest BCUT2D eigenvalue weighted by molar-refractivity contribution is -0.121. The van der Waals surface area contributed by atoms with Gasteiger partial charge in [0.2, 0.25) is 5.91 Å². The lowest BCUT2D eigenvalue weighted by atomic mass is 10.1. The number of rotatable bonds is 6. The van der Waals surface area contributed by atoms with Crippen LogP contribution in [0.1, 0.15) is 30.5 Å². The topological polar surface area (TPSA) is 38.3 Å². The second-order valence-corrected chi connectivity index (χ2v) is 6.13. The first-order valence-corrected chi connectivity index (χ1v) is 8.12. The van der Waals surface area contributed by atoms with E-state index < -0.39 is 0 Å². The fourth-order valence-corrected chi connectivity index (χ4v) is 2.57. The largest absolute Gasteiger partial charge is 0.497 e. The summed E-state index contributed by atoms with van der Waals surface area (Å²) in [5, 5.41) is 3.96. The van der Waals surface area contributed by atoms with Crippen LogP contribution in [-0.2, 0) is 11.2 Å². The van der Waals surface area contributed by atoms with Gasteiger partial charge in [-0.05, 0) is 48.7 Å². The van der Waals surface area contributed by atoms with E-state index in [2.05, 4.69) is 5.32 Å². The van der Waals surface area contributed by atoms with Gasteiger partial charge in [-0.1, -0.05) is 41.4 Å². The molecule has 0 heterocycles. The van der Waals surface area contributed by atoms with Gasteiger partial charge in [-0.2, -0.15) is 0 Å². The Morgan fingerprint density at radius 2 is 1.96 bits per heavy atom. The molecule has 0 spiro atoms. The van der Waals surface area contributed by atoms with Gasteiger partial charge in [0, 0.05) is 6.42 Å². The summed E-state index contributed by atoms with van der Waals surface area (Å²) in [5.41, 5.74) is 2.00. The fourth-order valence-electron chi connectivity index (χ4n) is 2.26. The van der Waals surface area contributed by atoms with Crippen molar-refractivity contribution in [1.82, 2.24) is 5.32 Å². The van der Waals surface area contributed by atoms with Crippen molar-refractivity contribution >= 4 is 29.1 Å². The summed E-state index contributed by atoms with van der Waals surface area (Å²) in [6, 6.07) is 13.0. The van der Waals surface area contributed by atoms with Crippen molar-refractivity contribution < 1.29 is 9.53 Å². The molecule has 3 nitrogen and oxygen atoms in total. The normalized spacial score (nSPS) is 11.8. The summed E-state index contributed by atoms with van der Waals surface area (Å²) in [4.78, 5) is 12.1. The highest BCUT2D eigenvalue weighted by Crippen LogP contribution is 2.25. The van der Waals surface area contributed by atoms with E-state index in [9.17, 15) is 4.79 Å². The first-order chi connectivity index (χ1) is 11.0. The van der Waals surface area contributed by atoms with Crippen molar-refractivity contribution in [2.45, 2.75) is 25.8 Å². The predicted octanol–water partition coefficient (Wildman–Crippen LogP) is 4.81. The van der Waals surface area contributed by atoms with Crippen molar-refractivity contribution in [3.05, 3.63) is 63.6 Å². The molecule has 1 amide bonds. The molecule has 0 aliphatic rings. The number of halogens is 2. The molecule has 0 aromatic heterocycles. The third-order valence-corrected chi connectivity index (χ3v) is 4.34. The molecule has 1 N–H and O–H groups in total. The predicted molar refractivity (Wildman–Crippen MR) is 94.3 cm³/mol. The van der Waals surface area contributed by atoms with Gasteiger partial charge >= 0.3 is 0 Å². The summed E-state index contributed by atoms with van der Waals surface area (Å²) >= 11 is 11.9. The van der Waals surface area contributed by atoms with Crippen molar-refractivity contribution in [2.75, 3.05) is 7.11 Å². The van der Waals surface area contributed by atoms with Gasteiger partial charge in [0.25, 0.3) is 0 Å². The summed E-state index contributed by atoms with van der Waals surface area (Å²) in [6.45, 7) is 1.92. The molecule has 2 aromatic rings. The van der Waals surface area contributed by atoms with Gasteiger partial charge < -0.3 is 10.1 Å². The average molecular weight is 352 g/mol. The van der Waals surface area contributed by atoms with Crippen LogP contribution >= 0.6 is 23.2 Å². The van der Waals surface area contributed by atoms with Gasteiger partial charge in [0.1, 0.15) is 5.75 Å². The standard InChI is InChI=1S/C18H19Cl2NO2/c1-12(14-7-8-16(19)17(20)11-14)21-18(22)9-6-13-4-3-5-15(10-13)23-2/h3-5,7-8,10-12H,6,9H2,1-2H3,(H,21,22). The number of carbonyl (C=O) groups excluding carboxylic acids is 1. The van der Waals surface area contributed by atoms with E-state index in [0.29, 0.717) is 22.9 Å². The number of amides is 1. The lowest BCUT2D eigenvalue weighted by Crippen LogP contribution is -2.26. The van der Waals surface area contributed by atoms with E-state index >= 15 is 0 Å². The molecular formula is C18H19Cl2NO2. The van der Waals surface area contributed by atoms with Gasteiger partial charge in [-0.25, -0.2) is 0 Å². The van der Waals surface area contributed by atoms with Crippen LogP contribution in [0.2, 0.25) is 10.0 Å². The minimum absolute atomic E-state index is 0.00797. The van der Waals surface area contributed by atoms with Gasteiger partial charge in [-0.3, -0.25) is 4.79 Å². The van der Waals surface area contributed by atoms with E-state index in [1.165, 1.54) is 0 Å².